The Kier molecular flexibility index (Phi) is 6.91. The van der Waals surface area contributed by atoms with E-state index in [4.69, 9.17) is 14.7 Å². The van der Waals surface area contributed by atoms with Crippen LogP contribution in [0, 0.1) is 17.2 Å². The normalized spacial score (nSPS) is 14.4. The molecule has 0 aliphatic carbocycles. The van der Waals surface area contributed by atoms with Gasteiger partial charge in [0.25, 0.3) is 5.91 Å². The van der Waals surface area contributed by atoms with Gasteiger partial charge in [0.15, 0.2) is 6.61 Å². The smallest absolute Gasteiger partial charge is 0.260 e. The van der Waals surface area contributed by atoms with Crippen molar-refractivity contribution in [2.75, 3.05) is 26.8 Å². The Morgan fingerprint density at radius 2 is 1.71 bits per heavy atom. The molecular formula is C23H26N2O3. The minimum absolute atomic E-state index is 0.0259. The summed E-state index contributed by atoms with van der Waals surface area (Å²) >= 11 is 0. The van der Waals surface area contributed by atoms with Crippen LogP contribution in [0.15, 0.2) is 48.5 Å². The molecule has 2 aromatic carbocycles. The molecule has 28 heavy (non-hydrogen) atoms. The van der Waals surface area contributed by atoms with Gasteiger partial charge in [-0.1, -0.05) is 12.1 Å². The molecule has 0 unspecified atom stereocenters. The van der Waals surface area contributed by atoms with Crippen LogP contribution >= 0.6 is 0 Å². The first kappa shape index (κ1) is 19.8. The molecule has 0 saturated carbocycles. The maximum absolute atomic E-state index is 12.4. The SMILES string of the molecule is COc1ccc(CCC2CCN(C(=O)COc3ccc(C#N)cc3)CC2)cc1. The highest BCUT2D eigenvalue weighted by Gasteiger charge is 2.22. The largest absolute Gasteiger partial charge is 0.497 e. The standard InChI is InChI=1S/C23H26N2O3/c1-27-21-8-4-18(5-9-21)2-3-19-12-14-25(15-13-19)23(26)17-28-22-10-6-20(16-24)7-11-22/h4-11,19H,2-3,12-15,17H2,1H3. The Bertz CT molecular complexity index is 801. The highest BCUT2D eigenvalue weighted by Crippen LogP contribution is 2.23. The van der Waals surface area contributed by atoms with Crippen molar-refractivity contribution in [1.82, 2.24) is 4.90 Å². The van der Waals surface area contributed by atoms with E-state index < -0.39 is 0 Å². The number of likely N-dealkylation sites (tertiary alicyclic amines) is 1. The minimum Gasteiger partial charge on any atom is -0.497 e. The van der Waals surface area contributed by atoms with Crippen molar-refractivity contribution in [3.63, 3.8) is 0 Å². The third-order valence-corrected chi connectivity index (χ3v) is 5.31. The van der Waals surface area contributed by atoms with Crippen molar-refractivity contribution < 1.29 is 14.3 Å². The average Bonchev–Trinajstić information content (AvgIpc) is 2.77. The number of aryl methyl sites for hydroxylation is 1. The molecule has 3 rings (SSSR count). The van der Waals surface area contributed by atoms with Crippen molar-refractivity contribution in [3.05, 3.63) is 59.7 Å². The van der Waals surface area contributed by atoms with Crippen LogP contribution in [-0.2, 0) is 11.2 Å². The molecule has 0 atom stereocenters. The maximum Gasteiger partial charge on any atom is 0.260 e. The number of carbonyl (C=O) groups excluding carboxylic acids is 1. The summed E-state index contributed by atoms with van der Waals surface area (Å²) in [4.78, 5) is 14.3. The zero-order chi connectivity index (χ0) is 19.8. The van der Waals surface area contributed by atoms with E-state index in [1.54, 1.807) is 31.4 Å². The number of nitrogens with zero attached hydrogens (tertiary/aromatic N) is 2. The number of carbonyl (C=O) groups is 1. The number of methoxy groups -OCH3 is 1. The van der Waals surface area contributed by atoms with Gasteiger partial charge in [-0.05, 0) is 73.6 Å². The summed E-state index contributed by atoms with van der Waals surface area (Å²) in [5, 5.41) is 8.81. The number of hydrogen-bond donors (Lipinski definition) is 0. The molecule has 2 aromatic rings. The number of benzene rings is 2. The van der Waals surface area contributed by atoms with Crippen LogP contribution in [-0.4, -0.2) is 37.6 Å². The van der Waals surface area contributed by atoms with Crippen LogP contribution in [0.1, 0.15) is 30.4 Å². The lowest BCUT2D eigenvalue weighted by Crippen LogP contribution is -2.41. The third kappa shape index (κ3) is 5.50. The fourth-order valence-electron chi connectivity index (χ4n) is 3.50. The molecule has 0 N–H and O–H groups in total. The molecule has 1 aliphatic heterocycles. The van der Waals surface area contributed by atoms with E-state index in [9.17, 15) is 4.79 Å². The summed E-state index contributed by atoms with van der Waals surface area (Å²) in [6.07, 6.45) is 4.29. The van der Waals surface area contributed by atoms with E-state index in [1.165, 1.54) is 5.56 Å². The second kappa shape index (κ2) is 9.80. The lowest BCUT2D eigenvalue weighted by Gasteiger charge is -2.32. The van der Waals surface area contributed by atoms with Gasteiger partial charge >= 0.3 is 0 Å². The third-order valence-electron chi connectivity index (χ3n) is 5.31. The maximum atomic E-state index is 12.4. The van der Waals surface area contributed by atoms with E-state index in [0.717, 1.165) is 44.5 Å². The van der Waals surface area contributed by atoms with Crippen molar-refractivity contribution in [1.29, 1.82) is 5.26 Å². The van der Waals surface area contributed by atoms with Crippen LogP contribution < -0.4 is 9.47 Å². The van der Waals surface area contributed by atoms with Gasteiger partial charge in [-0.25, -0.2) is 0 Å². The number of nitriles is 1. The number of hydrogen-bond acceptors (Lipinski definition) is 4. The minimum atomic E-state index is 0.0259. The molecule has 0 aromatic heterocycles. The Morgan fingerprint density at radius 3 is 2.32 bits per heavy atom. The van der Waals surface area contributed by atoms with Crippen molar-refractivity contribution >= 4 is 5.91 Å². The molecule has 0 spiro atoms. The van der Waals surface area contributed by atoms with Gasteiger partial charge in [-0.3, -0.25) is 4.79 Å². The van der Waals surface area contributed by atoms with Gasteiger partial charge in [0.1, 0.15) is 11.5 Å². The van der Waals surface area contributed by atoms with Crippen LogP contribution in [0.4, 0.5) is 0 Å². The average molecular weight is 378 g/mol. The van der Waals surface area contributed by atoms with Gasteiger partial charge in [-0.2, -0.15) is 5.26 Å². The highest BCUT2D eigenvalue weighted by atomic mass is 16.5. The van der Waals surface area contributed by atoms with Crippen LogP contribution in [0.25, 0.3) is 0 Å². The van der Waals surface area contributed by atoms with Crippen molar-refractivity contribution in [3.8, 4) is 17.6 Å². The summed E-state index contributed by atoms with van der Waals surface area (Å²) in [6, 6.07) is 17.1. The highest BCUT2D eigenvalue weighted by molar-refractivity contribution is 5.77. The molecule has 1 aliphatic rings. The molecule has 0 radical (unpaired) electrons. The van der Waals surface area contributed by atoms with Crippen molar-refractivity contribution in [2.24, 2.45) is 5.92 Å². The number of rotatable bonds is 7. The van der Waals surface area contributed by atoms with Crippen LogP contribution in [0.5, 0.6) is 11.5 Å². The first-order valence-electron chi connectivity index (χ1n) is 9.71. The summed E-state index contributed by atoms with van der Waals surface area (Å²) in [5.41, 5.74) is 1.91. The predicted molar refractivity (Wildman–Crippen MR) is 107 cm³/mol. The van der Waals surface area contributed by atoms with E-state index in [0.29, 0.717) is 17.2 Å². The molecule has 1 fully saturated rings. The quantitative estimate of drug-likeness (QED) is 0.735. The van der Waals surface area contributed by atoms with E-state index in [1.807, 2.05) is 17.0 Å². The Morgan fingerprint density at radius 1 is 1.07 bits per heavy atom. The molecule has 1 saturated heterocycles. The molecular weight excluding hydrogens is 352 g/mol. The van der Waals surface area contributed by atoms with Gasteiger partial charge < -0.3 is 14.4 Å². The topological polar surface area (TPSA) is 62.6 Å². The summed E-state index contributed by atoms with van der Waals surface area (Å²) in [7, 11) is 1.68. The monoisotopic (exact) mass is 378 g/mol. The first-order chi connectivity index (χ1) is 13.7. The number of ether oxygens (including phenoxy) is 2. The molecule has 5 nitrogen and oxygen atoms in total. The van der Waals surface area contributed by atoms with Gasteiger partial charge in [0.2, 0.25) is 0 Å². The summed E-state index contributed by atoms with van der Waals surface area (Å²) < 4.78 is 10.8. The molecule has 1 amide bonds. The van der Waals surface area contributed by atoms with Gasteiger partial charge in [0.05, 0.1) is 18.7 Å². The fourth-order valence-corrected chi connectivity index (χ4v) is 3.50. The summed E-state index contributed by atoms with van der Waals surface area (Å²) in [5.74, 6) is 2.18. The number of piperidine rings is 1. The molecule has 146 valence electrons. The zero-order valence-corrected chi connectivity index (χ0v) is 16.3. The van der Waals surface area contributed by atoms with Gasteiger partial charge in [-0.15, -0.1) is 0 Å². The Balaban J connectivity index is 1.37. The van der Waals surface area contributed by atoms with Crippen LogP contribution in [0.3, 0.4) is 0 Å². The predicted octanol–water partition coefficient (Wildman–Crippen LogP) is 3.82. The van der Waals surface area contributed by atoms with E-state index >= 15 is 0 Å². The summed E-state index contributed by atoms with van der Waals surface area (Å²) in [6.45, 7) is 1.63. The van der Waals surface area contributed by atoms with Crippen molar-refractivity contribution in [2.45, 2.75) is 25.7 Å². The van der Waals surface area contributed by atoms with Gasteiger partial charge in [0, 0.05) is 13.1 Å². The van der Waals surface area contributed by atoms with E-state index in [-0.39, 0.29) is 12.5 Å². The van der Waals surface area contributed by atoms with E-state index in [2.05, 4.69) is 18.2 Å². The Hall–Kier alpha value is -3.00. The molecule has 1 heterocycles. The first-order valence-corrected chi connectivity index (χ1v) is 9.71. The number of amides is 1. The lowest BCUT2D eigenvalue weighted by atomic mass is 9.90. The fraction of sp³-hybridized carbons (Fsp3) is 0.391. The lowest BCUT2D eigenvalue weighted by molar-refractivity contribution is -0.134. The molecule has 0 bridgehead atoms. The van der Waals surface area contributed by atoms with Crippen LogP contribution in [0.2, 0.25) is 0 Å². The Labute approximate surface area is 166 Å². The second-order valence-electron chi connectivity index (χ2n) is 7.14. The zero-order valence-electron chi connectivity index (χ0n) is 16.3. The second-order valence-corrected chi connectivity index (χ2v) is 7.14. The molecule has 5 heteroatoms.